The van der Waals surface area contributed by atoms with Crippen LogP contribution >= 0.6 is 0 Å². The van der Waals surface area contributed by atoms with Gasteiger partial charge in [0.05, 0.1) is 0 Å². The van der Waals surface area contributed by atoms with Gasteiger partial charge in [-0.1, -0.05) is 66.7 Å². The van der Waals surface area contributed by atoms with Gasteiger partial charge in [0.15, 0.2) is 13.2 Å². The van der Waals surface area contributed by atoms with Crippen LogP contribution in [0.1, 0.15) is 22.3 Å². The predicted octanol–water partition coefficient (Wildman–Crippen LogP) is 3.07. The van der Waals surface area contributed by atoms with Crippen molar-refractivity contribution in [1.29, 1.82) is 0 Å². The molecule has 0 aromatic heterocycles. The monoisotopic (exact) mass is 417 g/mol. The molecule has 31 heavy (non-hydrogen) atoms. The molecule has 5 heteroatoms. The Hall–Kier alpha value is -3.44. The van der Waals surface area contributed by atoms with E-state index < -0.39 is 5.97 Å². The number of hydrogen-bond donors (Lipinski definition) is 2. The minimum Gasteiger partial charge on any atom is -0.451 e. The summed E-state index contributed by atoms with van der Waals surface area (Å²) in [4.78, 5) is 25.7. The average Bonchev–Trinajstić information content (AvgIpc) is 2.73. The molecule has 0 bridgehead atoms. The van der Waals surface area contributed by atoms with E-state index in [0.29, 0.717) is 18.8 Å². The number of quaternary nitrogens is 1. The molecule has 0 heterocycles. The Kier molecular flexibility index (Phi) is 7.96. The van der Waals surface area contributed by atoms with E-state index in [0.717, 1.165) is 27.2 Å². The third-order valence-electron chi connectivity index (χ3n) is 4.86. The van der Waals surface area contributed by atoms with Crippen LogP contribution in [0.25, 0.3) is 0 Å². The fourth-order valence-electron chi connectivity index (χ4n) is 3.60. The molecule has 0 aliphatic rings. The highest BCUT2D eigenvalue weighted by molar-refractivity contribution is 5.93. The Morgan fingerprint density at radius 1 is 0.806 bits per heavy atom. The number of anilines is 1. The minimum atomic E-state index is -0.391. The molecule has 2 N–H and O–H groups in total. The maximum atomic E-state index is 12.5. The summed E-state index contributed by atoms with van der Waals surface area (Å²) in [5.74, 6) is -0.733. The van der Waals surface area contributed by atoms with E-state index in [4.69, 9.17) is 4.74 Å². The molecule has 0 aliphatic heterocycles. The third kappa shape index (κ3) is 7.72. The molecule has 160 valence electrons. The van der Waals surface area contributed by atoms with Gasteiger partial charge in [-0.3, -0.25) is 4.79 Å². The first-order chi connectivity index (χ1) is 15.0. The molecule has 0 aliphatic carbocycles. The lowest BCUT2D eigenvalue weighted by Crippen LogP contribution is -3.10. The summed E-state index contributed by atoms with van der Waals surface area (Å²) in [5, 5.41) is 2.79. The summed E-state index contributed by atoms with van der Waals surface area (Å²) in [7, 11) is 0. The van der Waals surface area contributed by atoms with Gasteiger partial charge in [-0.2, -0.15) is 0 Å². The topological polar surface area (TPSA) is 59.8 Å². The fraction of sp³-hybridized carbons (Fsp3) is 0.231. The summed E-state index contributed by atoms with van der Waals surface area (Å²) in [6, 6.07) is 25.9. The van der Waals surface area contributed by atoms with E-state index in [-0.39, 0.29) is 19.1 Å². The van der Waals surface area contributed by atoms with Crippen LogP contribution in [0.5, 0.6) is 0 Å². The lowest BCUT2D eigenvalue weighted by Gasteiger charge is -2.19. The second-order valence-electron chi connectivity index (χ2n) is 7.84. The van der Waals surface area contributed by atoms with Gasteiger partial charge >= 0.3 is 5.97 Å². The first-order valence-electron chi connectivity index (χ1n) is 10.4. The molecular weight excluding hydrogens is 388 g/mol. The summed E-state index contributed by atoms with van der Waals surface area (Å²) in [6.45, 7) is 5.22. The predicted molar refractivity (Wildman–Crippen MR) is 122 cm³/mol. The normalized spacial score (nSPS) is 10.7. The van der Waals surface area contributed by atoms with Crippen molar-refractivity contribution in [1.82, 2.24) is 0 Å². The fourth-order valence-corrected chi connectivity index (χ4v) is 3.60. The Morgan fingerprint density at radius 3 is 1.84 bits per heavy atom. The van der Waals surface area contributed by atoms with Crippen LogP contribution in [-0.4, -0.2) is 25.0 Å². The molecule has 0 radical (unpaired) electrons. The number of ether oxygens (including phenoxy) is 1. The van der Waals surface area contributed by atoms with Crippen LogP contribution in [0.4, 0.5) is 5.69 Å². The first kappa shape index (κ1) is 22.2. The molecular formula is C26H29N2O3+. The van der Waals surface area contributed by atoms with Gasteiger partial charge in [-0.25, -0.2) is 4.79 Å². The Balaban J connectivity index is 1.55. The van der Waals surface area contributed by atoms with Crippen molar-refractivity contribution >= 4 is 17.6 Å². The van der Waals surface area contributed by atoms with Crippen molar-refractivity contribution in [3.05, 3.63) is 101 Å². The standard InChI is InChI=1S/C26H28N2O3/c1-20-13-21(2)15-24(14-20)27-25(29)19-31-26(30)18-28(16-22-9-5-3-6-10-22)17-23-11-7-4-8-12-23/h3-15H,16-19H2,1-2H3,(H,27,29)/p+1. The average molecular weight is 418 g/mol. The largest absolute Gasteiger partial charge is 0.451 e. The van der Waals surface area contributed by atoms with E-state index in [2.05, 4.69) is 5.32 Å². The molecule has 0 spiro atoms. The van der Waals surface area contributed by atoms with E-state index in [1.165, 1.54) is 0 Å². The number of carbonyl (C=O) groups excluding carboxylic acids is 2. The molecule has 3 aromatic carbocycles. The van der Waals surface area contributed by atoms with E-state index in [1.807, 2.05) is 92.7 Å². The smallest absolute Gasteiger partial charge is 0.362 e. The summed E-state index contributed by atoms with van der Waals surface area (Å²) in [6.07, 6.45) is 0. The Labute approximate surface area is 183 Å². The number of esters is 1. The number of benzene rings is 3. The van der Waals surface area contributed by atoms with Crippen molar-refractivity contribution in [3.63, 3.8) is 0 Å². The number of rotatable bonds is 9. The van der Waals surface area contributed by atoms with Crippen LogP contribution in [0.15, 0.2) is 78.9 Å². The van der Waals surface area contributed by atoms with Gasteiger partial charge in [0.1, 0.15) is 13.1 Å². The van der Waals surface area contributed by atoms with Crippen molar-refractivity contribution in [2.24, 2.45) is 0 Å². The van der Waals surface area contributed by atoms with Crippen molar-refractivity contribution in [3.8, 4) is 0 Å². The molecule has 3 aromatic rings. The second-order valence-corrected chi connectivity index (χ2v) is 7.84. The Morgan fingerprint density at radius 2 is 1.32 bits per heavy atom. The van der Waals surface area contributed by atoms with Gasteiger partial charge < -0.3 is 15.0 Å². The number of hydrogen-bond acceptors (Lipinski definition) is 3. The van der Waals surface area contributed by atoms with Crippen molar-refractivity contribution in [2.75, 3.05) is 18.5 Å². The lowest BCUT2D eigenvalue weighted by molar-refractivity contribution is -0.920. The van der Waals surface area contributed by atoms with E-state index in [1.54, 1.807) is 0 Å². The molecule has 5 nitrogen and oxygen atoms in total. The Bertz CT molecular complexity index is 942. The van der Waals surface area contributed by atoms with Gasteiger partial charge in [0, 0.05) is 16.8 Å². The number of amides is 1. The van der Waals surface area contributed by atoms with Gasteiger partial charge in [-0.05, 0) is 37.1 Å². The maximum absolute atomic E-state index is 12.5. The quantitative estimate of drug-likeness (QED) is 0.526. The molecule has 1 amide bonds. The summed E-state index contributed by atoms with van der Waals surface area (Å²) < 4.78 is 5.27. The van der Waals surface area contributed by atoms with E-state index >= 15 is 0 Å². The molecule has 3 rings (SSSR count). The van der Waals surface area contributed by atoms with Crippen molar-refractivity contribution < 1.29 is 19.2 Å². The van der Waals surface area contributed by atoms with Crippen LogP contribution in [0, 0.1) is 13.8 Å². The minimum absolute atomic E-state index is 0.181. The zero-order valence-electron chi connectivity index (χ0n) is 18.1. The van der Waals surface area contributed by atoms with Crippen LogP contribution in [0.3, 0.4) is 0 Å². The summed E-state index contributed by atoms with van der Waals surface area (Å²) in [5.41, 5.74) is 5.13. The molecule has 0 unspecified atom stereocenters. The third-order valence-corrected chi connectivity index (χ3v) is 4.86. The molecule has 0 fully saturated rings. The van der Waals surface area contributed by atoms with E-state index in [9.17, 15) is 9.59 Å². The zero-order valence-corrected chi connectivity index (χ0v) is 18.1. The van der Waals surface area contributed by atoms with Gasteiger partial charge in [-0.15, -0.1) is 0 Å². The highest BCUT2D eigenvalue weighted by Gasteiger charge is 2.18. The first-order valence-corrected chi connectivity index (χ1v) is 10.4. The second kappa shape index (κ2) is 11.1. The molecule has 0 saturated carbocycles. The SMILES string of the molecule is Cc1cc(C)cc(NC(=O)COC(=O)C[NH+](Cc2ccccc2)Cc2ccccc2)c1. The lowest BCUT2D eigenvalue weighted by atomic mass is 10.1. The van der Waals surface area contributed by atoms with Gasteiger partial charge in [0.2, 0.25) is 0 Å². The maximum Gasteiger partial charge on any atom is 0.362 e. The molecule has 0 atom stereocenters. The van der Waals surface area contributed by atoms with Crippen LogP contribution in [-0.2, 0) is 27.4 Å². The van der Waals surface area contributed by atoms with Gasteiger partial charge in [0.25, 0.3) is 5.91 Å². The van der Waals surface area contributed by atoms with Crippen molar-refractivity contribution in [2.45, 2.75) is 26.9 Å². The zero-order chi connectivity index (χ0) is 22.1. The molecule has 0 saturated heterocycles. The summed E-state index contributed by atoms with van der Waals surface area (Å²) >= 11 is 0. The number of carbonyl (C=O) groups is 2. The number of aryl methyl sites for hydroxylation is 2. The highest BCUT2D eigenvalue weighted by Crippen LogP contribution is 2.13. The number of nitrogens with one attached hydrogen (secondary N) is 2. The van der Waals surface area contributed by atoms with Crippen LogP contribution in [0.2, 0.25) is 0 Å². The van der Waals surface area contributed by atoms with Crippen LogP contribution < -0.4 is 10.2 Å². The highest BCUT2D eigenvalue weighted by atomic mass is 16.5.